The van der Waals surface area contributed by atoms with Gasteiger partial charge in [-0.05, 0) is 47.0 Å². The molecule has 56 heavy (non-hydrogen) atoms. The van der Waals surface area contributed by atoms with Crippen LogP contribution in [0.1, 0.15) is 31.8 Å². The standard InChI is InChI=1S/C48H24N6O2/c1-51-32-22-24-35(41(26-32)52-2)37-15-9-17-39-38-16-8-14-36(33-23-21-29(27-49)25-31(33)28-50)45(38)53(46(37)39)43-20-10-18-40-44(43)48(56)54(47(40)55)42-19-7-6-13-34(42)30-11-4-3-5-12-30/h3-26H. The first-order valence-electron chi connectivity index (χ1n) is 17.5. The highest BCUT2D eigenvalue weighted by molar-refractivity contribution is 6.36. The largest absolute Gasteiger partial charge is 0.307 e. The van der Waals surface area contributed by atoms with Crippen molar-refractivity contribution in [2.45, 2.75) is 0 Å². The molecule has 2 amide bonds. The van der Waals surface area contributed by atoms with Crippen LogP contribution in [-0.4, -0.2) is 16.4 Å². The topological polar surface area (TPSA) is 98.6 Å². The van der Waals surface area contributed by atoms with Crippen LogP contribution in [0.15, 0.2) is 146 Å². The van der Waals surface area contributed by atoms with Crippen molar-refractivity contribution < 1.29 is 9.59 Å². The van der Waals surface area contributed by atoms with Gasteiger partial charge in [0.25, 0.3) is 11.8 Å². The molecule has 0 atom stereocenters. The van der Waals surface area contributed by atoms with Gasteiger partial charge in [0, 0.05) is 27.5 Å². The molecule has 0 radical (unpaired) electrons. The number of carbonyl (C=O) groups is 2. The zero-order valence-corrected chi connectivity index (χ0v) is 29.4. The van der Waals surface area contributed by atoms with Crippen LogP contribution in [0.3, 0.4) is 0 Å². The summed E-state index contributed by atoms with van der Waals surface area (Å²) in [6, 6.07) is 48.0. The summed E-state index contributed by atoms with van der Waals surface area (Å²) in [4.78, 5) is 38.1. The zero-order valence-electron chi connectivity index (χ0n) is 29.4. The van der Waals surface area contributed by atoms with Gasteiger partial charge < -0.3 is 4.57 Å². The fraction of sp³-hybridized carbons (Fsp3) is 0. The number of para-hydroxylation sites is 3. The van der Waals surface area contributed by atoms with Crippen molar-refractivity contribution in [3.05, 3.63) is 191 Å². The van der Waals surface area contributed by atoms with Gasteiger partial charge in [-0.1, -0.05) is 115 Å². The first-order chi connectivity index (χ1) is 27.5. The molecular weight excluding hydrogens is 693 g/mol. The minimum Gasteiger partial charge on any atom is -0.307 e. The minimum atomic E-state index is -0.492. The van der Waals surface area contributed by atoms with Gasteiger partial charge in [0.2, 0.25) is 0 Å². The molecule has 0 spiro atoms. The number of aromatic nitrogens is 1. The molecule has 0 N–H and O–H groups in total. The fourth-order valence-electron chi connectivity index (χ4n) is 7.85. The summed E-state index contributed by atoms with van der Waals surface area (Å²) in [5.41, 5.74) is 8.02. The highest BCUT2D eigenvalue weighted by Gasteiger charge is 2.40. The Morgan fingerprint density at radius 3 is 1.84 bits per heavy atom. The van der Waals surface area contributed by atoms with Crippen molar-refractivity contribution in [3.8, 4) is 51.2 Å². The monoisotopic (exact) mass is 716 g/mol. The van der Waals surface area contributed by atoms with E-state index >= 15 is 0 Å². The molecule has 8 aromatic rings. The number of hydrogen-bond acceptors (Lipinski definition) is 4. The number of fused-ring (bicyclic) bond motifs is 4. The van der Waals surface area contributed by atoms with Crippen LogP contribution in [-0.2, 0) is 0 Å². The lowest BCUT2D eigenvalue weighted by atomic mass is 9.96. The Labute approximate surface area is 321 Å². The molecule has 1 aliphatic rings. The molecule has 8 heteroatoms. The van der Waals surface area contributed by atoms with Gasteiger partial charge in [-0.2, -0.15) is 10.5 Å². The van der Waals surface area contributed by atoms with Crippen LogP contribution in [0, 0.1) is 35.8 Å². The molecule has 0 saturated heterocycles. The molecule has 0 aliphatic carbocycles. The van der Waals surface area contributed by atoms with E-state index < -0.39 is 11.8 Å². The third-order valence-corrected chi connectivity index (χ3v) is 10.3. The van der Waals surface area contributed by atoms with Crippen molar-refractivity contribution in [1.82, 2.24) is 4.57 Å². The smallest absolute Gasteiger partial charge is 0.268 e. The number of rotatable bonds is 5. The highest BCUT2D eigenvalue weighted by Crippen LogP contribution is 2.47. The quantitative estimate of drug-likeness (QED) is 0.131. The Hall–Kier alpha value is -8.56. The van der Waals surface area contributed by atoms with Crippen LogP contribution in [0.25, 0.3) is 70.6 Å². The first-order valence-corrected chi connectivity index (χ1v) is 17.5. The normalized spacial score (nSPS) is 11.9. The van der Waals surface area contributed by atoms with E-state index in [-0.39, 0.29) is 16.8 Å². The Morgan fingerprint density at radius 1 is 0.518 bits per heavy atom. The van der Waals surface area contributed by atoms with Gasteiger partial charge in [0.1, 0.15) is 0 Å². The number of nitrogens with zero attached hydrogens (tertiary/aromatic N) is 6. The van der Waals surface area contributed by atoms with E-state index in [1.165, 1.54) is 4.90 Å². The second-order valence-electron chi connectivity index (χ2n) is 13.2. The second kappa shape index (κ2) is 13.1. The summed E-state index contributed by atoms with van der Waals surface area (Å²) in [6.07, 6.45) is 0. The number of amides is 2. The van der Waals surface area contributed by atoms with Crippen molar-refractivity contribution in [3.63, 3.8) is 0 Å². The van der Waals surface area contributed by atoms with Gasteiger partial charge >= 0.3 is 0 Å². The highest BCUT2D eigenvalue weighted by atomic mass is 16.2. The molecule has 8 nitrogen and oxygen atoms in total. The van der Waals surface area contributed by atoms with Gasteiger partial charge in [-0.15, -0.1) is 0 Å². The third kappa shape index (κ3) is 4.97. The van der Waals surface area contributed by atoms with Crippen LogP contribution in [0.4, 0.5) is 17.1 Å². The molecule has 0 unspecified atom stereocenters. The lowest BCUT2D eigenvalue weighted by Crippen LogP contribution is -2.30. The Morgan fingerprint density at radius 2 is 1.14 bits per heavy atom. The summed E-state index contributed by atoms with van der Waals surface area (Å²) in [5, 5.41) is 21.6. The molecule has 258 valence electrons. The maximum Gasteiger partial charge on any atom is 0.268 e. The maximum atomic E-state index is 15.0. The Balaban J connectivity index is 1.39. The molecule has 2 heterocycles. The molecule has 0 bridgehead atoms. The third-order valence-electron chi connectivity index (χ3n) is 10.3. The first kappa shape index (κ1) is 33.3. The van der Waals surface area contributed by atoms with E-state index in [4.69, 9.17) is 13.1 Å². The summed E-state index contributed by atoms with van der Waals surface area (Å²) in [7, 11) is 0. The van der Waals surface area contributed by atoms with Gasteiger partial charge in [0.05, 0.1) is 69.9 Å². The number of carbonyl (C=O) groups excluding carboxylic acids is 2. The summed E-state index contributed by atoms with van der Waals surface area (Å²) in [5.74, 6) is -0.950. The number of nitriles is 2. The van der Waals surface area contributed by atoms with Crippen LogP contribution >= 0.6 is 0 Å². The molecule has 0 saturated carbocycles. The number of imide groups is 1. The summed E-state index contributed by atoms with van der Waals surface area (Å²) in [6.45, 7) is 15.6. The lowest BCUT2D eigenvalue weighted by Gasteiger charge is -2.19. The van der Waals surface area contributed by atoms with Crippen molar-refractivity contribution in [2.75, 3.05) is 4.90 Å². The van der Waals surface area contributed by atoms with Gasteiger partial charge in [-0.25, -0.2) is 14.6 Å². The van der Waals surface area contributed by atoms with Crippen LogP contribution < -0.4 is 4.90 Å². The van der Waals surface area contributed by atoms with E-state index in [1.54, 1.807) is 60.7 Å². The van der Waals surface area contributed by atoms with E-state index in [0.717, 1.165) is 21.9 Å². The average molecular weight is 717 g/mol. The number of benzene rings is 7. The summed E-state index contributed by atoms with van der Waals surface area (Å²) >= 11 is 0. The predicted molar refractivity (Wildman–Crippen MR) is 217 cm³/mol. The molecule has 1 aliphatic heterocycles. The van der Waals surface area contributed by atoms with Crippen molar-refractivity contribution in [1.29, 1.82) is 10.5 Å². The Bertz CT molecular complexity index is 3050. The number of hydrogen-bond donors (Lipinski definition) is 0. The van der Waals surface area contributed by atoms with Crippen LogP contribution in [0.2, 0.25) is 0 Å². The molecule has 9 rings (SSSR count). The van der Waals surface area contributed by atoms with E-state index in [9.17, 15) is 20.1 Å². The predicted octanol–water partition coefficient (Wildman–Crippen LogP) is 11.4. The van der Waals surface area contributed by atoms with Gasteiger partial charge in [-0.3, -0.25) is 9.59 Å². The van der Waals surface area contributed by atoms with E-state index in [0.29, 0.717) is 61.5 Å². The summed E-state index contributed by atoms with van der Waals surface area (Å²) < 4.78 is 1.96. The average Bonchev–Trinajstić information content (AvgIpc) is 3.74. The molecular formula is C48H24N6O2. The lowest BCUT2D eigenvalue weighted by molar-refractivity contribution is 0.0926. The SMILES string of the molecule is [C-]#[N+]c1ccc(-c2cccc3c4cccc(-c5ccc(C#N)cc5C#N)c4n(-c4cccc5c4C(=O)N(c4ccccc4-c4ccccc4)C5=O)c23)c([N+]#[C-])c1. The fourth-order valence-corrected chi connectivity index (χ4v) is 7.85. The Kier molecular flexibility index (Phi) is 7.81. The van der Waals surface area contributed by atoms with Crippen molar-refractivity contribution in [2.24, 2.45) is 0 Å². The molecule has 0 fully saturated rings. The van der Waals surface area contributed by atoms with E-state index in [1.807, 2.05) is 89.5 Å². The van der Waals surface area contributed by atoms with Gasteiger partial charge in [0.15, 0.2) is 11.4 Å². The second-order valence-corrected chi connectivity index (χ2v) is 13.2. The van der Waals surface area contributed by atoms with Crippen molar-refractivity contribution >= 4 is 50.7 Å². The maximum absolute atomic E-state index is 15.0. The van der Waals surface area contributed by atoms with E-state index in [2.05, 4.69) is 21.8 Å². The molecule has 7 aromatic carbocycles. The molecule has 1 aromatic heterocycles. The minimum absolute atomic E-state index is 0.206. The number of anilines is 1. The van der Waals surface area contributed by atoms with Crippen LogP contribution in [0.5, 0.6) is 0 Å². The zero-order chi connectivity index (χ0) is 38.5.